The molecule has 1 aliphatic heterocycles. The topological polar surface area (TPSA) is 87.8 Å². The highest BCUT2D eigenvalue weighted by atomic mass is 16.5. The van der Waals surface area contributed by atoms with E-state index >= 15 is 0 Å². The Hall–Kier alpha value is -2.22. The predicted molar refractivity (Wildman–Crippen MR) is 91.1 cm³/mol. The van der Waals surface area contributed by atoms with Gasteiger partial charge >= 0.3 is 0 Å². The van der Waals surface area contributed by atoms with Crippen molar-refractivity contribution in [2.24, 2.45) is 0 Å². The molecule has 1 unspecified atom stereocenters. The summed E-state index contributed by atoms with van der Waals surface area (Å²) in [6.45, 7) is 3.88. The molecular formula is C18H23N3O4. The molecule has 1 amide bonds. The van der Waals surface area contributed by atoms with Crippen molar-refractivity contribution in [2.75, 3.05) is 32.8 Å². The summed E-state index contributed by atoms with van der Waals surface area (Å²) in [6, 6.07) is 11.3. The number of nitrogens with one attached hydrogen (secondary N) is 1. The van der Waals surface area contributed by atoms with E-state index in [2.05, 4.69) is 15.4 Å². The van der Waals surface area contributed by atoms with E-state index in [0.29, 0.717) is 31.9 Å². The maximum absolute atomic E-state index is 12.1. The molecule has 134 valence electrons. The van der Waals surface area contributed by atoms with Crippen LogP contribution < -0.4 is 5.32 Å². The summed E-state index contributed by atoms with van der Waals surface area (Å²) < 4.78 is 10.5. The molecule has 1 saturated heterocycles. The Morgan fingerprint density at radius 1 is 1.28 bits per heavy atom. The Morgan fingerprint density at radius 3 is 2.80 bits per heavy atom. The molecule has 1 aliphatic rings. The van der Waals surface area contributed by atoms with E-state index in [0.717, 1.165) is 18.7 Å². The van der Waals surface area contributed by atoms with Crippen molar-refractivity contribution in [1.29, 1.82) is 0 Å². The molecule has 2 aromatic rings. The van der Waals surface area contributed by atoms with Crippen LogP contribution in [-0.4, -0.2) is 60.0 Å². The molecule has 25 heavy (non-hydrogen) atoms. The van der Waals surface area contributed by atoms with Crippen LogP contribution in [0.5, 0.6) is 0 Å². The molecule has 0 spiro atoms. The van der Waals surface area contributed by atoms with E-state index < -0.39 is 6.10 Å². The van der Waals surface area contributed by atoms with Crippen molar-refractivity contribution < 1.29 is 19.2 Å². The Balaban J connectivity index is 1.45. The van der Waals surface area contributed by atoms with Gasteiger partial charge in [-0.25, -0.2) is 0 Å². The lowest BCUT2D eigenvalue weighted by Crippen LogP contribution is -2.35. The van der Waals surface area contributed by atoms with E-state index in [4.69, 9.17) is 9.26 Å². The van der Waals surface area contributed by atoms with Gasteiger partial charge in [0.05, 0.1) is 25.9 Å². The van der Waals surface area contributed by atoms with Gasteiger partial charge in [0.25, 0.3) is 5.91 Å². The molecular weight excluding hydrogens is 322 g/mol. The number of aliphatic hydroxyl groups excluding tert-OH is 1. The molecule has 3 rings (SSSR count). The zero-order valence-corrected chi connectivity index (χ0v) is 14.1. The highest BCUT2D eigenvalue weighted by molar-refractivity contribution is 5.92. The molecule has 0 bridgehead atoms. The molecule has 1 fully saturated rings. The predicted octanol–water partition coefficient (Wildman–Crippen LogP) is 0.840. The molecule has 0 saturated carbocycles. The normalized spacial score (nSPS) is 16.5. The van der Waals surface area contributed by atoms with Crippen molar-refractivity contribution in [3.8, 4) is 0 Å². The molecule has 0 aliphatic carbocycles. The first-order valence-corrected chi connectivity index (χ1v) is 8.46. The standard InChI is InChI=1S/C18H23N3O4/c22-15(10-14-4-2-1-3-5-14)12-19-18(23)17-11-16(25-20-17)13-21-6-8-24-9-7-21/h1-5,11,15,22H,6-10,12-13H2,(H,19,23). The van der Waals surface area contributed by atoms with E-state index in [1.54, 1.807) is 6.07 Å². The molecule has 1 aromatic carbocycles. The molecule has 0 radical (unpaired) electrons. The highest BCUT2D eigenvalue weighted by Gasteiger charge is 2.17. The average Bonchev–Trinajstić information content (AvgIpc) is 3.10. The molecule has 2 N–H and O–H groups in total. The number of rotatable bonds is 7. The van der Waals surface area contributed by atoms with Crippen LogP contribution >= 0.6 is 0 Å². The minimum Gasteiger partial charge on any atom is -0.391 e. The number of ether oxygens (including phenoxy) is 1. The molecule has 7 heteroatoms. The maximum atomic E-state index is 12.1. The zero-order valence-electron chi connectivity index (χ0n) is 14.1. The Labute approximate surface area is 146 Å². The number of carbonyl (C=O) groups is 1. The van der Waals surface area contributed by atoms with E-state index in [-0.39, 0.29) is 18.1 Å². The summed E-state index contributed by atoms with van der Waals surface area (Å²) >= 11 is 0. The fraction of sp³-hybridized carbons (Fsp3) is 0.444. The third-order valence-electron chi connectivity index (χ3n) is 4.09. The van der Waals surface area contributed by atoms with Crippen molar-refractivity contribution in [2.45, 2.75) is 19.1 Å². The van der Waals surface area contributed by atoms with Crippen LogP contribution in [0.25, 0.3) is 0 Å². The van der Waals surface area contributed by atoms with Gasteiger partial charge in [0.15, 0.2) is 11.5 Å². The van der Waals surface area contributed by atoms with Crippen LogP contribution in [0.3, 0.4) is 0 Å². The minimum absolute atomic E-state index is 0.166. The lowest BCUT2D eigenvalue weighted by atomic mass is 10.1. The maximum Gasteiger partial charge on any atom is 0.273 e. The average molecular weight is 345 g/mol. The van der Waals surface area contributed by atoms with Crippen LogP contribution in [0.4, 0.5) is 0 Å². The van der Waals surface area contributed by atoms with Gasteiger partial charge in [0.1, 0.15) is 0 Å². The summed E-state index contributed by atoms with van der Waals surface area (Å²) in [5.74, 6) is 0.306. The smallest absolute Gasteiger partial charge is 0.273 e. The summed E-state index contributed by atoms with van der Waals surface area (Å²) in [6.07, 6.45) is -0.159. The lowest BCUT2D eigenvalue weighted by Gasteiger charge is -2.25. The van der Waals surface area contributed by atoms with Crippen LogP contribution in [0.2, 0.25) is 0 Å². The number of carbonyl (C=O) groups excluding carboxylic acids is 1. The number of aromatic nitrogens is 1. The first-order valence-electron chi connectivity index (χ1n) is 8.46. The quantitative estimate of drug-likeness (QED) is 0.773. The summed E-state index contributed by atoms with van der Waals surface area (Å²) in [7, 11) is 0. The number of benzene rings is 1. The van der Waals surface area contributed by atoms with Crippen LogP contribution in [0, 0.1) is 0 Å². The molecule has 1 atom stereocenters. The third kappa shape index (κ3) is 5.38. The highest BCUT2D eigenvalue weighted by Crippen LogP contribution is 2.09. The Kier molecular flexibility index (Phi) is 6.16. The van der Waals surface area contributed by atoms with E-state index in [9.17, 15) is 9.90 Å². The minimum atomic E-state index is -0.647. The van der Waals surface area contributed by atoms with Gasteiger partial charge in [-0.2, -0.15) is 0 Å². The van der Waals surface area contributed by atoms with E-state index in [1.807, 2.05) is 30.3 Å². The van der Waals surface area contributed by atoms with Crippen LogP contribution in [0.1, 0.15) is 21.8 Å². The second-order valence-corrected chi connectivity index (χ2v) is 6.12. The fourth-order valence-electron chi connectivity index (χ4n) is 2.73. The van der Waals surface area contributed by atoms with Crippen LogP contribution in [-0.2, 0) is 17.7 Å². The fourth-order valence-corrected chi connectivity index (χ4v) is 2.73. The zero-order chi connectivity index (χ0) is 17.5. The van der Waals surface area contributed by atoms with E-state index in [1.165, 1.54) is 0 Å². The number of hydrogen-bond donors (Lipinski definition) is 2. The molecule has 2 heterocycles. The third-order valence-corrected chi connectivity index (χ3v) is 4.09. The first kappa shape index (κ1) is 17.6. The van der Waals surface area contributed by atoms with Gasteiger partial charge in [0, 0.05) is 32.1 Å². The van der Waals surface area contributed by atoms with Crippen molar-refractivity contribution in [3.05, 3.63) is 53.4 Å². The SMILES string of the molecule is O=C(NCC(O)Cc1ccccc1)c1cc(CN2CCOCC2)on1. The summed E-state index contributed by atoms with van der Waals surface area (Å²) in [4.78, 5) is 14.3. The van der Waals surface area contributed by atoms with Gasteiger partial charge in [-0.1, -0.05) is 35.5 Å². The number of aliphatic hydroxyl groups is 1. The van der Waals surface area contributed by atoms with Gasteiger partial charge in [0.2, 0.25) is 0 Å². The van der Waals surface area contributed by atoms with Crippen molar-refractivity contribution >= 4 is 5.91 Å². The summed E-state index contributed by atoms with van der Waals surface area (Å²) in [5.41, 5.74) is 1.26. The first-order chi connectivity index (χ1) is 12.2. The van der Waals surface area contributed by atoms with Crippen LogP contribution in [0.15, 0.2) is 40.9 Å². The number of nitrogens with zero attached hydrogens (tertiary/aromatic N) is 2. The van der Waals surface area contributed by atoms with Gasteiger partial charge in [-0.05, 0) is 5.56 Å². The second-order valence-electron chi connectivity index (χ2n) is 6.12. The summed E-state index contributed by atoms with van der Waals surface area (Å²) in [5, 5.41) is 16.6. The Bertz CT molecular complexity index is 668. The van der Waals surface area contributed by atoms with Gasteiger partial charge in [-0.3, -0.25) is 9.69 Å². The monoisotopic (exact) mass is 345 g/mol. The van der Waals surface area contributed by atoms with Gasteiger partial charge < -0.3 is 19.7 Å². The molecule has 7 nitrogen and oxygen atoms in total. The number of hydrogen-bond acceptors (Lipinski definition) is 6. The van der Waals surface area contributed by atoms with Gasteiger partial charge in [-0.15, -0.1) is 0 Å². The number of morpholine rings is 1. The second kappa shape index (κ2) is 8.75. The van der Waals surface area contributed by atoms with Crippen molar-refractivity contribution in [3.63, 3.8) is 0 Å². The van der Waals surface area contributed by atoms with Crippen molar-refractivity contribution in [1.82, 2.24) is 15.4 Å². The Morgan fingerprint density at radius 2 is 2.04 bits per heavy atom. The molecule has 1 aromatic heterocycles. The number of amides is 1. The lowest BCUT2D eigenvalue weighted by molar-refractivity contribution is 0.0305. The largest absolute Gasteiger partial charge is 0.391 e.